The minimum atomic E-state index is -0.355. The van der Waals surface area contributed by atoms with Crippen molar-refractivity contribution in [3.05, 3.63) is 58.3 Å². The number of carbonyl (C=O) groups excluding carboxylic acids is 1. The third-order valence-electron chi connectivity index (χ3n) is 3.60. The van der Waals surface area contributed by atoms with E-state index in [1.54, 1.807) is 30.5 Å². The molecule has 0 aliphatic heterocycles. The summed E-state index contributed by atoms with van der Waals surface area (Å²) in [6, 6.07) is 12.4. The van der Waals surface area contributed by atoms with Crippen molar-refractivity contribution in [1.82, 2.24) is 10.4 Å². The van der Waals surface area contributed by atoms with E-state index in [1.165, 1.54) is 0 Å². The van der Waals surface area contributed by atoms with Crippen LogP contribution in [-0.2, 0) is 0 Å². The van der Waals surface area contributed by atoms with E-state index in [0.29, 0.717) is 27.4 Å². The van der Waals surface area contributed by atoms with E-state index in [1.807, 2.05) is 39.0 Å². The van der Waals surface area contributed by atoms with Gasteiger partial charge in [-0.15, -0.1) is 0 Å². The van der Waals surface area contributed by atoms with Crippen LogP contribution in [0, 0.1) is 5.41 Å². The Morgan fingerprint density at radius 3 is 2.54 bits per heavy atom. The molecule has 1 amide bonds. The average molecular weight is 321 g/mol. The van der Waals surface area contributed by atoms with Gasteiger partial charge >= 0.3 is 0 Å². The highest BCUT2D eigenvalue weighted by Crippen LogP contribution is 2.18. The largest absolute Gasteiger partial charge is 0.354 e. The number of rotatable bonds is 2. The zero-order valence-corrected chi connectivity index (χ0v) is 13.9. The fourth-order valence-electron chi connectivity index (χ4n) is 2.48. The van der Waals surface area contributed by atoms with Crippen molar-refractivity contribution in [2.24, 2.45) is 10.5 Å². The van der Waals surface area contributed by atoms with Gasteiger partial charge in [0.2, 0.25) is 0 Å². The maximum atomic E-state index is 12.6. The van der Waals surface area contributed by atoms with Gasteiger partial charge in [-0.1, -0.05) is 39.0 Å². The monoisotopic (exact) mass is 321 g/mol. The number of fused-ring (bicyclic) bond motifs is 2. The van der Waals surface area contributed by atoms with Crippen molar-refractivity contribution in [1.29, 1.82) is 0 Å². The number of hydrazone groups is 1. The van der Waals surface area contributed by atoms with Crippen LogP contribution in [0.25, 0.3) is 21.8 Å². The second-order valence-electron chi connectivity index (χ2n) is 6.79. The first-order valence-electron chi connectivity index (χ1n) is 7.75. The maximum Gasteiger partial charge on any atom is 0.273 e. The van der Waals surface area contributed by atoms with Gasteiger partial charge in [0.05, 0.1) is 11.1 Å². The van der Waals surface area contributed by atoms with Crippen molar-refractivity contribution >= 4 is 33.9 Å². The van der Waals surface area contributed by atoms with Crippen LogP contribution in [0.3, 0.4) is 0 Å². The van der Waals surface area contributed by atoms with Gasteiger partial charge in [-0.3, -0.25) is 9.59 Å². The van der Waals surface area contributed by atoms with Gasteiger partial charge in [0, 0.05) is 22.5 Å². The van der Waals surface area contributed by atoms with Gasteiger partial charge < -0.3 is 4.98 Å². The Hall–Kier alpha value is -2.95. The highest BCUT2D eigenvalue weighted by atomic mass is 16.2. The van der Waals surface area contributed by atoms with Gasteiger partial charge in [-0.2, -0.15) is 5.10 Å². The molecule has 0 fully saturated rings. The molecule has 24 heavy (non-hydrogen) atoms. The Labute approximate surface area is 139 Å². The molecule has 3 aromatic rings. The number of hydrogen-bond donors (Lipinski definition) is 2. The van der Waals surface area contributed by atoms with Crippen molar-refractivity contribution in [2.45, 2.75) is 20.8 Å². The van der Waals surface area contributed by atoms with E-state index in [4.69, 9.17) is 0 Å². The van der Waals surface area contributed by atoms with E-state index in [9.17, 15) is 9.59 Å². The minimum Gasteiger partial charge on any atom is -0.354 e. The number of nitrogens with zero attached hydrogens (tertiary/aromatic N) is 1. The lowest BCUT2D eigenvalue weighted by Crippen LogP contribution is -2.21. The summed E-state index contributed by atoms with van der Waals surface area (Å²) in [4.78, 5) is 28.3. The Balaban J connectivity index is 2.10. The smallest absolute Gasteiger partial charge is 0.273 e. The van der Waals surface area contributed by atoms with Crippen molar-refractivity contribution < 1.29 is 4.79 Å². The summed E-state index contributed by atoms with van der Waals surface area (Å²) in [5.41, 5.74) is 3.92. The Kier molecular flexibility index (Phi) is 3.93. The molecule has 5 nitrogen and oxygen atoms in total. The summed E-state index contributed by atoms with van der Waals surface area (Å²) in [7, 11) is 0. The number of nitrogens with one attached hydrogen (secondary N) is 2. The number of carbonyl (C=O) groups is 1. The van der Waals surface area contributed by atoms with Crippen LogP contribution in [0.15, 0.2) is 52.4 Å². The van der Waals surface area contributed by atoms with E-state index in [2.05, 4.69) is 15.5 Å². The zero-order chi connectivity index (χ0) is 17.3. The third kappa shape index (κ3) is 3.06. The van der Waals surface area contributed by atoms with Crippen LogP contribution in [0.5, 0.6) is 0 Å². The van der Waals surface area contributed by atoms with Crippen LogP contribution >= 0.6 is 0 Å². The lowest BCUT2D eigenvalue weighted by atomic mass is 9.99. The molecule has 122 valence electrons. The number of amides is 1. The number of aromatic amines is 1. The summed E-state index contributed by atoms with van der Waals surface area (Å²) in [5.74, 6) is -0.355. The fourth-order valence-corrected chi connectivity index (χ4v) is 2.48. The minimum absolute atomic E-state index is 0.0906. The summed E-state index contributed by atoms with van der Waals surface area (Å²) >= 11 is 0. The molecule has 2 N–H and O–H groups in total. The predicted octanol–water partition coefficient (Wildman–Crippen LogP) is 3.44. The molecule has 0 aliphatic rings. The van der Waals surface area contributed by atoms with Crippen molar-refractivity contribution in [2.75, 3.05) is 0 Å². The van der Waals surface area contributed by atoms with Gasteiger partial charge in [0.15, 0.2) is 5.43 Å². The first kappa shape index (κ1) is 15.9. The number of aromatic nitrogens is 1. The van der Waals surface area contributed by atoms with E-state index >= 15 is 0 Å². The molecule has 0 saturated heterocycles. The molecule has 0 saturated carbocycles. The average Bonchev–Trinajstić information content (AvgIpc) is 2.53. The van der Waals surface area contributed by atoms with Gasteiger partial charge in [-0.25, -0.2) is 5.43 Å². The zero-order valence-electron chi connectivity index (χ0n) is 13.9. The van der Waals surface area contributed by atoms with Crippen LogP contribution in [-0.4, -0.2) is 17.1 Å². The molecule has 0 spiro atoms. The lowest BCUT2D eigenvalue weighted by molar-refractivity contribution is 0.0956. The van der Waals surface area contributed by atoms with E-state index < -0.39 is 0 Å². The Morgan fingerprint density at radius 2 is 1.79 bits per heavy atom. The second-order valence-corrected chi connectivity index (χ2v) is 6.79. The predicted molar refractivity (Wildman–Crippen MR) is 97.5 cm³/mol. The molecule has 5 heteroatoms. The summed E-state index contributed by atoms with van der Waals surface area (Å²) in [6.07, 6.45) is 1.67. The summed E-state index contributed by atoms with van der Waals surface area (Å²) in [5, 5.41) is 5.09. The third-order valence-corrected chi connectivity index (χ3v) is 3.60. The van der Waals surface area contributed by atoms with Gasteiger partial charge in [0.1, 0.15) is 0 Å². The molecule has 0 aliphatic carbocycles. The first-order valence-corrected chi connectivity index (χ1v) is 7.75. The molecule has 1 heterocycles. The highest BCUT2D eigenvalue weighted by Gasteiger charge is 2.13. The summed E-state index contributed by atoms with van der Waals surface area (Å²) < 4.78 is 0. The van der Waals surface area contributed by atoms with Crippen LogP contribution in [0.2, 0.25) is 0 Å². The molecule has 1 aromatic heterocycles. The molecule has 0 radical (unpaired) electrons. The first-order chi connectivity index (χ1) is 11.4. The van der Waals surface area contributed by atoms with Crippen molar-refractivity contribution in [3.63, 3.8) is 0 Å². The Bertz CT molecular complexity index is 1010. The van der Waals surface area contributed by atoms with E-state index in [-0.39, 0.29) is 16.8 Å². The quantitative estimate of drug-likeness (QED) is 0.431. The number of H-pyrrole nitrogens is 1. The summed E-state index contributed by atoms with van der Waals surface area (Å²) in [6.45, 7) is 5.97. The number of hydrogen-bond acceptors (Lipinski definition) is 3. The molecule has 3 rings (SSSR count). The van der Waals surface area contributed by atoms with Crippen LogP contribution in [0.1, 0.15) is 31.1 Å². The van der Waals surface area contributed by atoms with Crippen molar-refractivity contribution in [3.8, 4) is 0 Å². The van der Waals surface area contributed by atoms with Gasteiger partial charge in [0.25, 0.3) is 5.91 Å². The topological polar surface area (TPSA) is 74.3 Å². The van der Waals surface area contributed by atoms with Crippen LogP contribution < -0.4 is 10.9 Å². The molecular weight excluding hydrogens is 302 g/mol. The fraction of sp³-hybridized carbons (Fsp3) is 0.211. The van der Waals surface area contributed by atoms with Gasteiger partial charge in [-0.05, 0) is 29.7 Å². The number of para-hydroxylation sites is 2. The molecule has 0 unspecified atom stereocenters. The standard InChI is InChI=1S/C19H19N3O2/c1-19(2,3)11-20-22-18(24)14-9-6-8-13-16(14)21-15-10-5-4-7-12(15)17(13)23/h4-11H,1-3H3,(H,21,23)(H,22,24)/b20-11+. The highest BCUT2D eigenvalue weighted by molar-refractivity contribution is 6.07. The van der Waals surface area contributed by atoms with E-state index in [0.717, 1.165) is 0 Å². The number of benzene rings is 2. The lowest BCUT2D eigenvalue weighted by Gasteiger charge is -2.10. The second kappa shape index (κ2) is 5.92. The maximum absolute atomic E-state index is 12.6. The molecule has 0 atom stereocenters. The van der Waals surface area contributed by atoms with Crippen LogP contribution in [0.4, 0.5) is 0 Å². The molecular formula is C19H19N3O2. The SMILES string of the molecule is CC(C)(C)/C=N/NC(=O)c1cccc2c(=O)c3ccccc3[nH]c12. The Morgan fingerprint density at radius 1 is 1.08 bits per heavy atom. The number of pyridine rings is 1. The molecule has 0 bridgehead atoms. The molecule has 2 aromatic carbocycles. The normalized spacial score (nSPS) is 12.1.